The van der Waals surface area contributed by atoms with Crippen LogP contribution in [0.3, 0.4) is 0 Å². The van der Waals surface area contributed by atoms with Crippen molar-refractivity contribution in [2.75, 3.05) is 11.9 Å². The molecule has 0 atom stereocenters. The molecule has 0 spiro atoms. The van der Waals surface area contributed by atoms with E-state index in [0.29, 0.717) is 5.92 Å². The topological polar surface area (TPSA) is 90.8 Å². The van der Waals surface area contributed by atoms with Gasteiger partial charge in [0.25, 0.3) is 5.91 Å². The van der Waals surface area contributed by atoms with Gasteiger partial charge >= 0.3 is 6.18 Å². The van der Waals surface area contributed by atoms with Crippen molar-refractivity contribution in [3.8, 4) is 11.8 Å². The van der Waals surface area contributed by atoms with Crippen molar-refractivity contribution in [2.45, 2.75) is 26.4 Å². The molecular weight excluding hydrogens is 349 g/mol. The van der Waals surface area contributed by atoms with E-state index >= 15 is 0 Å². The van der Waals surface area contributed by atoms with Gasteiger partial charge in [-0.05, 0) is 36.6 Å². The van der Waals surface area contributed by atoms with E-state index in [4.69, 9.17) is 5.26 Å². The summed E-state index contributed by atoms with van der Waals surface area (Å²) in [6.45, 7) is 2.57. The number of carbonyl (C=O) groups is 1. The van der Waals surface area contributed by atoms with E-state index in [2.05, 4.69) is 20.3 Å². The van der Waals surface area contributed by atoms with Crippen molar-refractivity contribution in [1.82, 2.24) is 10.2 Å². The summed E-state index contributed by atoms with van der Waals surface area (Å²) >= 11 is 0. The van der Waals surface area contributed by atoms with Gasteiger partial charge in [0, 0.05) is 11.4 Å². The highest BCUT2D eigenvalue weighted by Gasteiger charge is 2.29. The Hall–Kier alpha value is -3.02. The minimum absolute atomic E-state index is 0.116. The molecule has 9 heteroatoms. The van der Waals surface area contributed by atoms with Gasteiger partial charge in [0.2, 0.25) is 0 Å². The molecule has 138 valence electrons. The van der Waals surface area contributed by atoms with Gasteiger partial charge in [0.1, 0.15) is 11.8 Å². The van der Waals surface area contributed by atoms with E-state index in [0.717, 1.165) is 12.1 Å². The molecule has 0 saturated carbocycles. The monoisotopic (exact) mass is 366 g/mol. The standard InChI is InChI=1S/C17H17F3N4O2/c1-10(2)5-13-7-14(24-23-13)16(25)22-12-3-4-15(11(6-12)8-21)26-9-17(18,19)20/h3-4,6-7,10H,5,9H2,1-2H3,(H,22,25)(H,23,24). The normalized spacial score (nSPS) is 11.3. The molecule has 0 aliphatic carbocycles. The number of hydrogen-bond donors (Lipinski definition) is 2. The first-order valence-corrected chi connectivity index (χ1v) is 7.77. The Balaban J connectivity index is 2.08. The van der Waals surface area contributed by atoms with Crippen LogP contribution in [0.2, 0.25) is 0 Å². The highest BCUT2D eigenvalue weighted by Crippen LogP contribution is 2.25. The summed E-state index contributed by atoms with van der Waals surface area (Å²) in [5.41, 5.74) is 1.13. The Morgan fingerprint density at radius 3 is 2.73 bits per heavy atom. The summed E-state index contributed by atoms with van der Waals surface area (Å²) in [4.78, 5) is 12.2. The van der Waals surface area contributed by atoms with E-state index in [1.807, 2.05) is 13.8 Å². The van der Waals surface area contributed by atoms with Crippen LogP contribution in [-0.4, -0.2) is 28.9 Å². The number of halogens is 3. The van der Waals surface area contributed by atoms with Crippen molar-refractivity contribution >= 4 is 11.6 Å². The summed E-state index contributed by atoms with van der Waals surface area (Å²) in [7, 11) is 0. The minimum Gasteiger partial charge on any atom is -0.483 e. The van der Waals surface area contributed by atoms with Gasteiger partial charge in [-0.25, -0.2) is 0 Å². The van der Waals surface area contributed by atoms with E-state index < -0.39 is 18.7 Å². The van der Waals surface area contributed by atoms with Gasteiger partial charge in [-0.15, -0.1) is 0 Å². The number of anilines is 1. The minimum atomic E-state index is -4.51. The Kier molecular flexibility index (Phi) is 5.87. The third kappa shape index (κ3) is 5.51. The maximum atomic E-state index is 12.2. The molecule has 0 aliphatic rings. The first-order valence-electron chi connectivity index (χ1n) is 7.77. The van der Waals surface area contributed by atoms with Gasteiger partial charge in [-0.2, -0.15) is 23.5 Å². The molecule has 26 heavy (non-hydrogen) atoms. The van der Waals surface area contributed by atoms with Crippen LogP contribution in [0, 0.1) is 17.2 Å². The van der Waals surface area contributed by atoms with Crippen molar-refractivity contribution in [2.24, 2.45) is 5.92 Å². The Morgan fingerprint density at radius 1 is 1.38 bits per heavy atom. The lowest BCUT2D eigenvalue weighted by Gasteiger charge is -2.11. The number of nitrogens with one attached hydrogen (secondary N) is 2. The van der Waals surface area contributed by atoms with Crippen molar-refractivity contribution in [1.29, 1.82) is 5.26 Å². The fourth-order valence-corrected chi connectivity index (χ4v) is 2.20. The second-order valence-corrected chi connectivity index (χ2v) is 6.06. The van der Waals surface area contributed by atoms with Crippen molar-refractivity contribution < 1.29 is 22.7 Å². The number of amides is 1. The largest absolute Gasteiger partial charge is 0.483 e. The van der Waals surface area contributed by atoms with Crippen LogP contribution in [0.1, 0.15) is 35.6 Å². The highest BCUT2D eigenvalue weighted by atomic mass is 19.4. The SMILES string of the molecule is CC(C)Cc1cc(C(=O)Nc2ccc(OCC(F)(F)F)c(C#N)c2)n[nH]1. The molecule has 0 fully saturated rings. The number of nitrogens with zero attached hydrogens (tertiary/aromatic N) is 2. The molecule has 0 saturated heterocycles. The average Bonchev–Trinajstić information content (AvgIpc) is 3.00. The molecule has 2 rings (SSSR count). The van der Waals surface area contributed by atoms with E-state index in [-0.39, 0.29) is 22.7 Å². The first kappa shape index (κ1) is 19.3. The Morgan fingerprint density at radius 2 is 2.12 bits per heavy atom. The zero-order valence-corrected chi connectivity index (χ0v) is 14.1. The first-order chi connectivity index (χ1) is 12.2. The number of aromatic nitrogens is 2. The molecule has 2 aromatic rings. The number of H-pyrrole nitrogens is 1. The Bertz CT molecular complexity index is 822. The average molecular weight is 366 g/mol. The van der Waals surface area contributed by atoms with Crippen LogP contribution < -0.4 is 10.1 Å². The number of hydrogen-bond acceptors (Lipinski definition) is 4. The summed E-state index contributed by atoms with van der Waals surface area (Å²) in [6, 6.07) is 7.17. The van der Waals surface area contributed by atoms with Crippen LogP contribution in [0.25, 0.3) is 0 Å². The number of aromatic amines is 1. The van der Waals surface area contributed by atoms with Crippen LogP contribution in [0.4, 0.5) is 18.9 Å². The molecule has 2 N–H and O–H groups in total. The summed E-state index contributed by atoms with van der Waals surface area (Å²) < 4.78 is 41.3. The number of carbonyl (C=O) groups excluding carboxylic acids is 1. The van der Waals surface area contributed by atoms with Gasteiger partial charge in [-0.1, -0.05) is 13.8 Å². The summed E-state index contributed by atoms with van der Waals surface area (Å²) in [5.74, 6) is -0.306. The van der Waals surface area contributed by atoms with E-state index in [1.165, 1.54) is 18.2 Å². The lowest BCUT2D eigenvalue weighted by molar-refractivity contribution is -0.153. The quantitative estimate of drug-likeness (QED) is 0.816. The molecular formula is C17H17F3N4O2. The molecule has 1 aromatic carbocycles. The second-order valence-electron chi connectivity index (χ2n) is 6.06. The maximum absolute atomic E-state index is 12.2. The number of nitriles is 1. The number of rotatable bonds is 6. The lowest BCUT2D eigenvalue weighted by Crippen LogP contribution is -2.19. The highest BCUT2D eigenvalue weighted by molar-refractivity contribution is 6.03. The van der Waals surface area contributed by atoms with E-state index in [1.54, 1.807) is 12.1 Å². The second kappa shape index (κ2) is 7.91. The Labute approximate surface area is 148 Å². The van der Waals surface area contributed by atoms with Crippen LogP contribution in [-0.2, 0) is 6.42 Å². The summed E-state index contributed by atoms with van der Waals surface area (Å²) in [6.07, 6.45) is -3.77. The van der Waals surface area contributed by atoms with Gasteiger partial charge < -0.3 is 10.1 Å². The third-order valence-corrected chi connectivity index (χ3v) is 3.24. The van der Waals surface area contributed by atoms with Gasteiger partial charge in [-0.3, -0.25) is 9.89 Å². The number of ether oxygens (including phenoxy) is 1. The molecule has 1 aromatic heterocycles. The van der Waals surface area contributed by atoms with Gasteiger partial charge in [0.15, 0.2) is 12.3 Å². The molecule has 0 unspecified atom stereocenters. The van der Waals surface area contributed by atoms with Crippen LogP contribution in [0.5, 0.6) is 5.75 Å². The zero-order valence-electron chi connectivity index (χ0n) is 14.1. The fourth-order valence-electron chi connectivity index (χ4n) is 2.20. The predicted octanol–water partition coefficient (Wildman–Crippen LogP) is 3.67. The van der Waals surface area contributed by atoms with Crippen molar-refractivity contribution in [3.63, 3.8) is 0 Å². The molecule has 1 heterocycles. The number of benzene rings is 1. The fraction of sp³-hybridized carbons (Fsp3) is 0.353. The van der Waals surface area contributed by atoms with Crippen LogP contribution >= 0.6 is 0 Å². The van der Waals surface area contributed by atoms with Gasteiger partial charge in [0.05, 0.1) is 5.56 Å². The summed E-state index contributed by atoms with van der Waals surface area (Å²) in [5, 5.41) is 18.3. The molecule has 1 amide bonds. The molecule has 0 radical (unpaired) electrons. The van der Waals surface area contributed by atoms with Crippen LogP contribution in [0.15, 0.2) is 24.3 Å². The predicted molar refractivity (Wildman–Crippen MR) is 87.8 cm³/mol. The molecule has 0 aliphatic heterocycles. The number of alkyl halides is 3. The van der Waals surface area contributed by atoms with E-state index in [9.17, 15) is 18.0 Å². The zero-order chi connectivity index (χ0) is 19.3. The molecule has 0 bridgehead atoms. The maximum Gasteiger partial charge on any atom is 0.422 e. The smallest absolute Gasteiger partial charge is 0.422 e. The van der Waals surface area contributed by atoms with Crippen molar-refractivity contribution in [3.05, 3.63) is 41.2 Å². The third-order valence-electron chi connectivity index (χ3n) is 3.24. The molecule has 6 nitrogen and oxygen atoms in total. The lowest BCUT2D eigenvalue weighted by atomic mass is 10.1.